The maximum absolute atomic E-state index is 12.2. The van der Waals surface area contributed by atoms with Crippen molar-refractivity contribution in [2.75, 3.05) is 0 Å². The van der Waals surface area contributed by atoms with Gasteiger partial charge in [0, 0.05) is 30.6 Å². The topological polar surface area (TPSA) is 39.1 Å². The fraction of sp³-hybridized carbons (Fsp3) is 0.429. The second-order valence-corrected chi connectivity index (χ2v) is 6.29. The van der Waals surface area contributed by atoms with Gasteiger partial charge in [-0.1, -0.05) is 31.6 Å². The molecule has 3 heteroatoms. The number of hydrogen-bond donors (Lipinski definition) is 0. The molecule has 0 aliphatic rings. The number of aryl methyl sites for hydroxylation is 2. The summed E-state index contributed by atoms with van der Waals surface area (Å²) >= 11 is 0. The Kier molecular flexibility index (Phi) is 6.98. The van der Waals surface area contributed by atoms with Crippen LogP contribution < -0.4 is 5.43 Å². The summed E-state index contributed by atoms with van der Waals surface area (Å²) in [6.07, 6.45) is 10.2. The molecule has 0 aliphatic carbocycles. The molecule has 0 unspecified atom stereocenters. The van der Waals surface area contributed by atoms with Crippen LogP contribution in [0, 0.1) is 0 Å². The minimum Gasteiger partial charge on any atom is -0.347 e. The third-order valence-electron chi connectivity index (χ3n) is 4.39. The molecular formula is C21H27NO2. The Bertz CT molecular complexity index is 771. The van der Waals surface area contributed by atoms with Gasteiger partial charge in [0.25, 0.3) is 0 Å². The van der Waals surface area contributed by atoms with Crippen LogP contribution in [0.2, 0.25) is 0 Å². The first-order chi connectivity index (χ1) is 11.6. The van der Waals surface area contributed by atoms with Crippen molar-refractivity contribution in [2.24, 2.45) is 7.05 Å². The van der Waals surface area contributed by atoms with Crippen molar-refractivity contribution >= 4 is 16.7 Å². The van der Waals surface area contributed by atoms with Crippen LogP contribution in [0.3, 0.4) is 0 Å². The minimum atomic E-state index is 0.0973. The average molecular weight is 325 g/mol. The number of hydrogen-bond acceptors (Lipinski definition) is 2. The van der Waals surface area contributed by atoms with Gasteiger partial charge >= 0.3 is 0 Å². The molecule has 2 aromatic rings. The third-order valence-corrected chi connectivity index (χ3v) is 4.39. The van der Waals surface area contributed by atoms with Crippen LogP contribution in [0.25, 0.3) is 10.9 Å². The number of unbranched alkanes of at least 4 members (excludes halogenated alkanes) is 3. The molecule has 1 heterocycles. The first-order valence-corrected chi connectivity index (χ1v) is 8.90. The standard InChI is InChI=1S/C21H27NO2/c1-3-4-12-18(23)13-8-6-5-7-11-17-16-21(24)19-14-9-10-15-20(19)22(17)2/h8-10,13-16H,3-7,11-12H2,1-2H3. The zero-order valence-electron chi connectivity index (χ0n) is 14.8. The summed E-state index contributed by atoms with van der Waals surface area (Å²) in [5, 5.41) is 0.775. The maximum atomic E-state index is 12.2. The van der Waals surface area contributed by atoms with Gasteiger partial charge in [0.05, 0.1) is 5.52 Å². The Labute approximate surface area is 144 Å². The number of aromatic nitrogens is 1. The van der Waals surface area contributed by atoms with Crippen molar-refractivity contribution in [3.8, 4) is 0 Å². The quantitative estimate of drug-likeness (QED) is 0.500. The molecule has 24 heavy (non-hydrogen) atoms. The van der Waals surface area contributed by atoms with Crippen molar-refractivity contribution in [1.29, 1.82) is 0 Å². The van der Waals surface area contributed by atoms with Crippen molar-refractivity contribution in [3.05, 3.63) is 58.4 Å². The molecule has 0 aliphatic heterocycles. The normalized spacial score (nSPS) is 11.4. The lowest BCUT2D eigenvalue weighted by Crippen LogP contribution is -2.11. The SMILES string of the molecule is CCCCC(=O)C=CCCCCc1cc(=O)c2ccccc2n1C. The summed E-state index contributed by atoms with van der Waals surface area (Å²) < 4.78 is 2.11. The highest BCUT2D eigenvalue weighted by Crippen LogP contribution is 2.13. The summed E-state index contributed by atoms with van der Waals surface area (Å²) in [6, 6.07) is 9.49. The van der Waals surface area contributed by atoms with Crippen LogP contribution in [0.5, 0.6) is 0 Å². The van der Waals surface area contributed by atoms with Gasteiger partial charge in [-0.2, -0.15) is 0 Å². The second kappa shape index (κ2) is 9.21. The minimum absolute atomic E-state index is 0.0973. The Morgan fingerprint density at radius 3 is 2.75 bits per heavy atom. The van der Waals surface area contributed by atoms with Crippen LogP contribution in [0.1, 0.15) is 51.1 Å². The molecule has 1 aromatic heterocycles. The number of benzene rings is 1. The Morgan fingerprint density at radius 2 is 1.96 bits per heavy atom. The van der Waals surface area contributed by atoms with E-state index < -0.39 is 0 Å². The summed E-state index contributed by atoms with van der Waals surface area (Å²) in [4.78, 5) is 23.7. The number of rotatable bonds is 9. The van der Waals surface area contributed by atoms with Gasteiger partial charge in [0.1, 0.15) is 0 Å². The van der Waals surface area contributed by atoms with E-state index in [2.05, 4.69) is 11.5 Å². The monoisotopic (exact) mass is 325 g/mol. The fourth-order valence-corrected chi connectivity index (χ4v) is 2.91. The predicted molar refractivity (Wildman–Crippen MR) is 100 cm³/mol. The zero-order chi connectivity index (χ0) is 17.4. The van der Waals surface area contributed by atoms with Crippen molar-refractivity contribution in [2.45, 2.75) is 51.9 Å². The van der Waals surface area contributed by atoms with E-state index in [9.17, 15) is 9.59 Å². The molecule has 0 amide bonds. The molecule has 0 bridgehead atoms. The Balaban J connectivity index is 1.86. The van der Waals surface area contributed by atoms with Gasteiger partial charge in [-0.15, -0.1) is 0 Å². The number of allylic oxidation sites excluding steroid dienone is 2. The van der Waals surface area contributed by atoms with Crippen molar-refractivity contribution < 1.29 is 4.79 Å². The molecule has 0 fully saturated rings. The fourth-order valence-electron chi connectivity index (χ4n) is 2.91. The van der Waals surface area contributed by atoms with Gasteiger partial charge in [-0.3, -0.25) is 9.59 Å². The molecule has 0 saturated carbocycles. The number of fused-ring (bicyclic) bond motifs is 1. The van der Waals surface area contributed by atoms with Crippen molar-refractivity contribution in [3.63, 3.8) is 0 Å². The highest BCUT2D eigenvalue weighted by atomic mass is 16.1. The van der Waals surface area contributed by atoms with E-state index in [0.29, 0.717) is 6.42 Å². The summed E-state index contributed by atoms with van der Waals surface area (Å²) in [7, 11) is 2.02. The molecule has 1 aromatic carbocycles. The van der Waals surface area contributed by atoms with Gasteiger partial charge in [0.15, 0.2) is 11.2 Å². The first-order valence-electron chi connectivity index (χ1n) is 8.90. The highest BCUT2D eigenvalue weighted by Gasteiger charge is 2.05. The molecule has 128 valence electrons. The Morgan fingerprint density at radius 1 is 1.17 bits per heavy atom. The third kappa shape index (κ3) is 4.92. The van der Waals surface area contributed by atoms with Gasteiger partial charge < -0.3 is 4.57 Å². The largest absolute Gasteiger partial charge is 0.347 e. The number of ketones is 1. The average Bonchev–Trinajstić information content (AvgIpc) is 2.60. The number of carbonyl (C=O) groups excluding carboxylic acids is 1. The predicted octanol–water partition coefficient (Wildman–Crippen LogP) is 4.57. The molecule has 0 saturated heterocycles. The van der Waals surface area contributed by atoms with E-state index in [0.717, 1.165) is 55.1 Å². The van der Waals surface area contributed by atoms with E-state index in [1.807, 2.05) is 37.4 Å². The van der Waals surface area contributed by atoms with Crippen LogP contribution in [0.4, 0.5) is 0 Å². The van der Waals surface area contributed by atoms with E-state index >= 15 is 0 Å². The summed E-state index contributed by atoms with van der Waals surface area (Å²) in [6.45, 7) is 2.09. The highest BCUT2D eigenvalue weighted by molar-refractivity contribution is 5.89. The van der Waals surface area contributed by atoms with Gasteiger partial charge in [-0.05, 0) is 50.3 Å². The lowest BCUT2D eigenvalue weighted by Gasteiger charge is -2.12. The first kappa shape index (κ1) is 18.2. The van der Waals surface area contributed by atoms with Crippen LogP contribution in [-0.2, 0) is 18.3 Å². The Hall–Kier alpha value is -2.16. The zero-order valence-corrected chi connectivity index (χ0v) is 14.8. The van der Waals surface area contributed by atoms with Crippen LogP contribution in [-0.4, -0.2) is 10.4 Å². The number of pyridine rings is 1. The molecule has 0 spiro atoms. The molecule has 0 atom stereocenters. The number of nitrogens with zero attached hydrogens (tertiary/aromatic N) is 1. The van der Waals surface area contributed by atoms with Crippen LogP contribution >= 0.6 is 0 Å². The molecule has 0 radical (unpaired) electrons. The van der Waals surface area contributed by atoms with Crippen LogP contribution in [0.15, 0.2) is 47.3 Å². The van der Waals surface area contributed by atoms with Gasteiger partial charge in [-0.25, -0.2) is 0 Å². The smallest absolute Gasteiger partial charge is 0.189 e. The maximum Gasteiger partial charge on any atom is 0.189 e. The molecule has 0 N–H and O–H groups in total. The molecule has 3 nitrogen and oxygen atoms in total. The van der Waals surface area contributed by atoms with E-state index in [4.69, 9.17) is 0 Å². The van der Waals surface area contributed by atoms with E-state index in [-0.39, 0.29) is 11.2 Å². The van der Waals surface area contributed by atoms with E-state index in [1.165, 1.54) is 0 Å². The lowest BCUT2D eigenvalue weighted by atomic mass is 10.1. The van der Waals surface area contributed by atoms with E-state index in [1.54, 1.807) is 12.1 Å². The summed E-state index contributed by atoms with van der Waals surface area (Å²) in [5.41, 5.74) is 2.16. The van der Waals surface area contributed by atoms with Crippen molar-refractivity contribution in [1.82, 2.24) is 4.57 Å². The van der Waals surface area contributed by atoms with Gasteiger partial charge in [0.2, 0.25) is 0 Å². The molecule has 2 rings (SSSR count). The second-order valence-electron chi connectivity index (χ2n) is 6.29. The lowest BCUT2D eigenvalue weighted by molar-refractivity contribution is -0.114. The molecular weight excluding hydrogens is 298 g/mol. The number of para-hydroxylation sites is 1. The number of carbonyl (C=O) groups is 1. The summed E-state index contributed by atoms with van der Waals surface area (Å²) in [5.74, 6) is 0.230.